The van der Waals surface area contributed by atoms with Gasteiger partial charge in [-0.2, -0.15) is 0 Å². The van der Waals surface area contributed by atoms with E-state index in [-0.39, 0.29) is 11.7 Å². The SMILES string of the molecule is CC(C)c1nc(C(=O)O)nn1-c1ccccc1. The van der Waals surface area contributed by atoms with Crippen LogP contribution in [-0.2, 0) is 0 Å². The molecule has 2 rings (SSSR count). The molecule has 17 heavy (non-hydrogen) atoms. The number of rotatable bonds is 3. The Labute approximate surface area is 98.7 Å². The summed E-state index contributed by atoms with van der Waals surface area (Å²) in [5.41, 5.74) is 0.816. The van der Waals surface area contributed by atoms with Crippen molar-refractivity contribution in [1.82, 2.24) is 14.8 Å². The van der Waals surface area contributed by atoms with Gasteiger partial charge in [0.05, 0.1) is 5.69 Å². The fourth-order valence-corrected chi connectivity index (χ4v) is 1.55. The first-order chi connectivity index (χ1) is 8.09. The van der Waals surface area contributed by atoms with Crippen LogP contribution in [0.5, 0.6) is 0 Å². The molecule has 0 bridgehead atoms. The Morgan fingerprint density at radius 3 is 2.47 bits per heavy atom. The zero-order chi connectivity index (χ0) is 12.4. The second kappa shape index (κ2) is 4.37. The summed E-state index contributed by atoms with van der Waals surface area (Å²) in [6.45, 7) is 3.91. The number of aromatic carboxylic acids is 1. The van der Waals surface area contributed by atoms with E-state index in [1.165, 1.54) is 0 Å². The largest absolute Gasteiger partial charge is 0.475 e. The van der Waals surface area contributed by atoms with Crippen LogP contribution in [0.3, 0.4) is 0 Å². The van der Waals surface area contributed by atoms with Gasteiger partial charge in [-0.3, -0.25) is 0 Å². The molecule has 0 saturated heterocycles. The van der Waals surface area contributed by atoms with Crippen LogP contribution in [0.1, 0.15) is 36.2 Å². The summed E-state index contributed by atoms with van der Waals surface area (Å²) >= 11 is 0. The summed E-state index contributed by atoms with van der Waals surface area (Å²) in [4.78, 5) is 14.9. The second-order valence-electron chi connectivity index (χ2n) is 4.00. The maximum atomic E-state index is 10.9. The molecule has 5 heteroatoms. The van der Waals surface area contributed by atoms with Crippen molar-refractivity contribution in [3.05, 3.63) is 42.0 Å². The summed E-state index contributed by atoms with van der Waals surface area (Å²) in [6, 6.07) is 9.38. The third kappa shape index (κ3) is 2.18. The van der Waals surface area contributed by atoms with E-state index >= 15 is 0 Å². The number of hydrogen-bond acceptors (Lipinski definition) is 3. The number of nitrogens with zero attached hydrogens (tertiary/aromatic N) is 3. The van der Waals surface area contributed by atoms with Crippen molar-refractivity contribution in [2.75, 3.05) is 0 Å². The van der Waals surface area contributed by atoms with Gasteiger partial charge in [-0.25, -0.2) is 14.5 Å². The lowest BCUT2D eigenvalue weighted by Gasteiger charge is -2.07. The van der Waals surface area contributed by atoms with Crippen molar-refractivity contribution >= 4 is 5.97 Å². The number of para-hydroxylation sites is 1. The Bertz CT molecular complexity index is 532. The van der Waals surface area contributed by atoms with Gasteiger partial charge in [-0.05, 0) is 12.1 Å². The topological polar surface area (TPSA) is 68.0 Å². The molecule has 0 amide bonds. The van der Waals surface area contributed by atoms with Crippen LogP contribution >= 0.6 is 0 Å². The van der Waals surface area contributed by atoms with Crippen LogP contribution in [-0.4, -0.2) is 25.8 Å². The molecule has 0 saturated carbocycles. The minimum atomic E-state index is -1.11. The molecule has 88 valence electrons. The Hall–Kier alpha value is -2.17. The van der Waals surface area contributed by atoms with Crippen LogP contribution in [0.25, 0.3) is 5.69 Å². The van der Waals surface area contributed by atoms with E-state index in [1.807, 2.05) is 44.2 Å². The molecule has 0 aliphatic rings. The molecule has 0 spiro atoms. The van der Waals surface area contributed by atoms with Gasteiger partial charge in [-0.15, -0.1) is 5.10 Å². The first kappa shape index (κ1) is 11.3. The highest BCUT2D eigenvalue weighted by atomic mass is 16.4. The highest BCUT2D eigenvalue weighted by Crippen LogP contribution is 2.17. The number of carboxylic acid groups (broad SMARTS) is 1. The maximum absolute atomic E-state index is 10.9. The lowest BCUT2D eigenvalue weighted by molar-refractivity contribution is 0.0683. The number of aromatic nitrogens is 3. The minimum Gasteiger partial charge on any atom is -0.475 e. The van der Waals surface area contributed by atoms with E-state index in [1.54, 1.807) is 4.68 Å². The highest BCUT2D eigenvalue weighted by Gasteiger charge is 2.18. The molecule has 1 aromatic heterocycles. The molecule has 0 aliphatic carbocycles. The van der Waals surface area contributed by atoms with E-state index < -0.39 is 5.97 Å². The highest BCUT2D eigenvalue weighted by molar-refractivity contribution is 5.83. The third-order valence-electron chi connectivity index (χ3n) is 2.34. The lowest BCUT2D eigenvalue weighted by atomic mass is 10.2. The van der Waals surface area contributed by atoms with Crippen molar-refractivity contribution in [3.8, 4) is 5.69 Å². The minimum absolute atomic E-state index is 0.107. The van der Waals surface area contributed by atoms with E-state index in [0.717, 1.165) is 5.69 Å². The second-order valence-corrected chi connectivity index (χ2v) is 4.00. The van der Waals surface area contributed by atoms with Gasteiger partial charge in [0.25, 0.3) is 5.82 Å². The monoisotopic (exact) mass is 231 g/mol. The van der Waals surface area contributed by atoms with E-state index in [9.17, 15) is 4.79 Å². The van der Waals surface area contributed by atoms with E-state index in [4.69, 9.17) is 5.11 Å². The zero-order valence-electron chi connectivity index (χ0n) is 9.66. The molecule has 5 nitrogen and oxygen atoms in total. The maximum Gasteiger partial charge on any atom is 0.375 e. The Balaban J connectivity index is 2.56. The Morgan fingerprint density at radius 2 is 1.94 bits per heavy atom. The van der Waals surface area contributed by atoms with Gasteiger partial charge in [0.15, 0.2) is 0 Å². The van der Waals surface area contributed by atoms with Crippen molar-refractivity contribution in [1.29, 1.82) is 0 Å². The quantitative estimate of drug-likeness (QED) is 0.878. The van der Waals surface area contributed by atoms with Gasteiger partial charge >= 0.3 is 5.97 Å². The van der Waals surface area contributed by atoms with Gasteiger partial charge in [0.1, 0.15) is 5.82 Å². The smallest absolute Gasteiger partial charge is 0.375 e. The molecule has 0 aliphatic heterocycles. The average Bonchev–Trinajstić information content (AvgIpc) is 2.75. The van der Waals surface area contributed by atoms with Crippen molar-refractivity contribution in [3.63, 3.8) is 0 Å². The predicted octanol–water partition coefficient (Wildman–Crippen LogP) is 2.09. The van der Waals surface area contributed by atoms with Crippen LogP contribution in [0.4, 0.5) is 0 Å². The summed E-state index contributed by atoms with van der Waals surface area (Å²) in [5, 5.41) is 12.9. The molecule has 1 N–H and O–H groups in total. The number of hydrogen-bond donors (Lipinski definition) is 1. The average molecular weight is 231 g/mol. The van der Waals surface area contributed by atoms with E-state index in [2.05, 4.69) is 10.1 Å². The third-order valence-corrected chi connectivity index (χ3v) is 2.34. The Morgan fingerprint density at radius 1 is 1.29 bits per heavy atom. The predicted molar refractivity (Wildman–Crippen MR) is 62.4 cm³/mol. The summed E-state index contributed by atoms with van der Waals surface area (Å²) < 4.78 is 1.58. The summed E-state index contributed by atoms with van der Waals surface area (Å²) in [6.07, 6.45) is 0. The van der Waals surface area contributed by atoms with Gasteiger partial charge in [0.2, 0.25) is 0 Å². The fourth-order valence-electron chi connectivity index (χ4n) is 1.55. The molecule has 0 unspecified atom stereocenters. The molecule has 0 fully saturated rings. The van der Waals surface area contributed by atoms with Crippen molar-refractivity contribution in [2.24, 2.45) is 0 Å². The molecular weight excluding hydrogens is 218 g/mol. The first-order valence-electron chi connectivity index (χ1n) is 5.35. The fraction of sp³-hybridized carbons (Fsp3) is 0.250. The number of carbonyl (C=O) groups is 1. The molecule has 1 heterocycles. The van der Waals surface area contributed by atoms with Gasteiger partial charge < -0.3 is 5.11 Å². The van der Waals surface area contributed by atoms with E-state index in [0.29, 0.717) is 5.82 Å². The molecular formula is C12H13N3O2. The van der Waals surface area contributed by atoms with Gasteiger partial charge in [-0.1, -0.05) is 32.0 Å². The van der Waals surface area contributed by atoms with Crippen LogP contribution in [0.15, 0.2) is 30.3 Å². The number of benzene rings is 1. The zero-order valence-corrected chi connectivity index (χ0v) is 9.66. The van der Waals surface area contributed by atoms with Crippen molar-refractivity contribution in [2.45, 2.75) is 19.8 Å². The van der Waals surface area contributed by atoms with Crippen LogP contribution in [0, 0.1) is 0 Å². The van der Waals surface area contributed by atoms with Crippen LogP contribution < -0.4 is 0 Å². The van der Waals surface area contributed by atoms with Crippen molar-refractivity contribution < 1.29 is 9.90 Å². The molecule has 0 atom stereocenters. The Kier molecular flexibility index (Phi) is 2.91. The normalized spacial score (nSPS) is 10.8. The number of carboxylic acids is 1. The summed E-state index contributed by atoms with van der Waals surface area (Å²) in [5.74, 6) is -0.524. The van der Waals surface area contributed by atoms with Crippen LogP contribution in [0.2, 0.25) is 0 Å². The first-order valence-corrected chi connectivity index (χ1v) is 5.35. The molecule has 2 aromatic rings. The molecule has 0 radical (unpaired) electrons. The standard InChI is InChI=1S/C12H13N3O2/c1-8(2)11-13-10(12(16)17)14-15(11)9-6-4-3-5-7-9/h3-8H,1-2H3,(H,16,17). The molecule has 1 aromatic carbocycles. The summed E-state index contributed by atoms with van der Waals surface area (Å²) in [7, 11) is 0. The lowest BCUT2D eigenvalue weighted by Crippen LogP contribution is -2.04. The van der Waals surface area contributed by atoms with Gasteiger partial charge in [0, 0.05) is 5.92 Å².